The van der Waals surface area contributed by atoms with Crippen molar-refractivity contribution in [1.29, 1.82) is 0 Å². The molecule has 0 fully saturated rings. The number of aromatic nitrogens is 1. The molecule has 0 radical (unpaired) electrons. The summed E-state index contributed by atoms with van der Waals surface area (Å²) in [6.07, 6.45) is 1.57. The second-order valence-corrected chi connectivity index (χ2v) is 5.59. The fourth-order valence-corrected chi connectivity index (χ4v) is 2.35. The van der Waals surface area contributed by atoms with E-state index in [1.54, 1.807) is 37.6 Å². The number of carbonyl (C=O) groups is 1. The molecule has 0 spiro atoms. The van der Waals surface area contributed by atoms with E-state index in [1.165, 1.54) is 12.1 Å². The van der Waals surface area contributed by atoms with Crippen molar-refractivity contribution in [2.45, 2.75) is 6.54 Å². The summed E-state index contributed by atoms with van der Waals surface area (Å²) in [5.74, 6) is 0.792. The van der Waals surface area contributed by atoms with Gasteiger partial charge in [0.05, 0.1) is 7.11 Å². The first-order valence-electron chi connectivity index (χ1n) is 8.04. The molecular weight excluding hydrogens is 333 g/mol. The predicted molar refractivity (Wildman–Crippen MR) is 98.1 cm³/mol. The van der Waals surface area contributed by atoms with Crippen molar-refractivity contribution < 1.29 is 13.9 Å². The van der Waals surface area contributed by atoms with Gasteiger partial charge in [0.25, 0.3) is 5.91 Å². The summed E-state index contributed by atoms with van der Waals surface area (Å²) in [6, 6.07) is 16.7. The van der Waals surface area contributed by atoms with Crippen LogP contribution in [0.15, 0.2) is 66.9 Å². The summed E-state index contributed by atoms with van der Waals surface area (Å²) in [4.78, 5) is 16.5. The molecule has 0 bridgehead atoms. The van der Waals surface area contributed by atoms with Crippen molar-refractivity contribution >= 4 is 17.4 Å². The highest BCUT2D eigenvalue weighted by Crippen LogP contribution is 2.19. The molecule has 1 aromatic heterocycles. The monoisotopic (exact) mass is 351 g/mol. The van der Waals surface area contributed by atoms with Gasteiger partial charge in [0.1, 0.15) is 17.4 Å². The first-order valence-corrected chi connectivity index (χ1v) is 8.04. The Morgan fingerprint density at radius 2 is 1.81 bits per heavy atom. The molecule has 6 heteroatoms. The zero-order valence-electron chi connectivity index (χ0n) is 14.2. The lowest BCUT2D eigenvalue weighted by Crippen LogP contribution is -2.22. The van der Waals surface area contributed by atoms with Crippen molar-refractivity contribution in [3.05, 3.63) is 83.8 Å². The van der Waals surface area contributed by atoms with E-state index in [4.69, 9.17) is 4.74 Å². The number of carbonyl (C=O) groups excluding carboxylic acids is 1. The molecule has 0 aliphatic heterocycles. The molecule has 1 amide bonds. The Hall–Kier alpha value is -3.41. The number of amides is 1. The smallest absolute Gasteiger partial charge is 0.251 e. The van der Waals surface area contributed by atoms with Crippen LogP contribution in [0.5, 0.6) is 5.75 Å². The molecule has 2 N–H and O–H groups in total. The highest BCUT2D eigenvalue weighted by Gasteiger charge is 2.07. The Morgan fingerprint density at radius 1 is 1.08 bits per heavy atom. The van der Waals surface area contributed by atoms with Crippen LogP contribution in [-0.4, -0.2) is 18.0 Å². The van der Waals surface area contributed by atoms with Crippen molar-refractivity contribution in [2.24, 2.45) is 0 Å². The zero-order valence-corrected chi connectivity index (χ0v) is 14.2. The van der Waals surface area contributed by atoms with Gasteiger partial charge in [0.2, 0.25) is 0 Å². The Balaban J connectivity index is 1.63. The highest BCUT2D eigenvalue weighted by atomic mass is 19.1. The summed E-state index contributed by atoms with van der Waals surface area (Å²) in [5, 5.41) is 5.95. The Morgan fingerprint density at radius 3 is 2.50 bits per heavy atom. The molecule has 3 rings (SSSR count). The van der Waals surface area contributed by atoms with Crippen LogP contribution >= 0.6 is 0 Å². The summed E-state index contributed by atoms with van der Waals surface area (Å²) in [5.41, 5.74) is 2.14. The number of nitrogens with zero attached hydrogens (tertiary/aromatic N) is 1. The minimum Gasteiger partial charge on any atom is -0.497 e. The van der Waals surface area contributed by atoms with E-state index < -0.39 is 0 Å². The van der Waals surface area contributed by atoms with Crippen LogP contribution in [0.3, 0.4) is 0 Å². The number of ether oxygens (including phenoxy) is 1. The number of nitrogens with one attached hydrogen (secondary N) is 2. The van der Waals surface area contributed by atoms with Crippen LogP contribution in [-0.2, 0) is 6.54 Å². The summed E-state index contributed by atoms with van der Waals surface area (Å²) >= 11 is 0. The third kappa shape index (κ3) is 4.57. The minimum absolute atomic E-state index is 0.227. The van der Waals surface area contributed by atoms with Crippen LogP contribution in [0.2, 0.25) is 0 Å². The molecule has 0 atom stereocenters. The van der Waals surface area contributed by atoms with E-state index in [0.29, 0.717) is 17.9 Å². The van der Waals surface area contributed by atoms with Gasteiger partial charge in [-0.2, -0.15) is 0 Å². The van der Waals surface area contributed by atoms with E-state index in [-0.39, 0.29) is 11.7 Å². The third-order valence-corrected chi connectivity index (χ3v) is 3.75. The molecule has 0 aliphatic carbocycles. The van der Waals surface area contributed by atoms with Crippen molar-refractivity contribution in [3.8, 4) is 5.75 Å². The van der Waals surface area contributed by atoms with Crippen LogP contribution in [0, 0.1) is 5.82 Å². The first kappa shape index (κ1) is 17.4. The number of pyridine rings is 1. The van der Waals surface area contributed by atoms with Crippen molar-refractivity contribution in [1.82, 2.24) is 10.3 Å². The minimum atomic E-state index is -0.302. The lowest BCUT2D eigenvalue weighted by Gasteiger charge is -2.09. The number of hydrogen-bond donors (Lipinski definition) is 2. The molecule has 3 aromatic rings. The molecular formula is C20H18FN3O2. The quantitative estimate of drug-likeness (QED) is 0.707. The molecule has 132 valence electrons. The average molecular weight is 351 g/mol. The largest absolute Gasteiger partial charge is 0.497 e. The third-order valence-electron chi connectivity index (χ3n) is 3.75. The summed E-state index contributed by atoms with van der Waals surface area (Å²) in [6.45, 7) is 0.322. The van der Waals surface area contributed by atoms with Gasteiger partial charge in [0.15, 0.2) is 0 Å². The average Bonchev–Trinajstić information content (AvgIpc) is 2.68. The van der Waals surface area contributed by atoms with E-state index >= 15 is 0 Å². The van der Waals surface area contributed by atoms with Crippen LogP contribution in [0.1, 0.15) is 15.9 Å². The number of anilines is 2. The predicted octanol–water partition coefficient (Wildman–Crippen LogP) is 3.90. The lowest BCUT2D eigenvalue weighted by atomic mass is 10.2. The first-order chi connectivity index (χ1) is 12.6. The van der Waals surface area contributed by atoms with E-state index in [9.17, 15) is 9.18 Å². The molecule has 0 aliphatic rings. The van der Waals surface area contributed by atoms with Gasteiger partial charge in [-0.3, -0.25) is 4.79 Å². The summed E-state index contributed by atoms with van der Waals surface area (Å²) in [7, 11) is 1.61. The van der Waals surface area contributed by atoms with Gasteiger partial charge in [-0.15, -0.1) is 0 Å². The van der Waals surface area contributed by atoms with Gasteiger partial charge in [-0.05, 0) is 54.1 Å². The number of hydrogen-bond acceptors (Lipinski definition) is 4. The van der Waals surface area contributed by atoms with Crippen LogP contribution in [0.25, 0.3) is 0 Å². The molecule has 5 nitrogen and oxygen atoms in total. The fourth-order valence-electron chi connectivity index (χ4n) is 2.35. The number of benzene rings is 2. The molecule has 26 heavy (non-hydrogen) atoms. The molecule has 2 aromatic carbocycles. The van der Waals surface area contributed by atoms with Crippen molar-refractivity contribution in [3.63, 3.8) is 0 Å². The molecule has 0 unspecified atom stereocenters. The number of halogens is 1. The lowest BCUT2D eigenvalue weighted by molar-refractivity contribution is 0.0951. The van der Waals surface area contributed by atoms with E-state index in [2.05, 4.69) is 15.6 Å². The molecule has 1 heterocycles. The highest BCUT2D eigenvalue weighted by molar-refractivity contribution is 5.94. The normalized spacial score (nSPS) is 10.2. The van der Waals surface area contributed by atoms with Gasteiger partial charge < -0.3 is 15.4 Å². The van der Waals surface area contributed by atoms with Gasteiger partial charge in [-0.25, -0.2) is 9.37 Å². The molecule has 0 saturated carbocycles. The Kier molecular flexibility index (Phi) is 5.43. The van der Waals surface area contributed by atoms with Gasteiger partial charge in [0, 0.05) is 24.0 Å². The number of rotatable bonds is 6. The van der Waals surface area contributed by atoms with Crippen LogP contribution < -0.4 is 15.4 Å². The maximum atomic E-state index is 12.9. The van der Waals surface area contributed by atoms with Gasteiger partial charge >= 0.3 is 0 Å². The van der Waals surface area contributed by atoms with E-state index in [0.717, 1.165) is 17.0 Å². The second-order valence-electron chi connectivity index (χ2n) is 5.59. The van der Waals surface area contributed by atoms with Crippen LogP contribution in [0.4, 0.5) is 15.9 Å². The number of methoxy groups -OCH3 is 1. The maximum absolute atomic E-state index is 12.9. The van der Waals surface area contributed by atoms with E-state index in [1.807, 2.05) is 24.3 Å². The fraction of sp³-hybridized carbons (Fsp3) is 0.100. The Labute approximate surface area is 150 Å². The zero-order chi connectivity index (χ0) is 18.4. The second kappa shape index (κ2) is 8.11. The Bertz CT molecular complexity index is 880. The standard InChI is InChI=1S/C20H18FN3O2/c1-26-18-8-6-17(7-9-18)24-19-12-15(10-11-22-19)20(25)23-13-14-2-4-16(21)5-3-14/h2-12H,13H2,1H3,(H,22,24)(H,23,25). The van der Waals surface area contributed by atoms with Gasteiger partial charge in [-0.1, -0.05) is 12.1 Å². The topological polar surface area (TPSA) is 63.2 Å². The molecule has 0 saturated heterocycles. The SMILES string of the molecule is COc1ccc(Nc2cc(C(=O)NCc3ccc(F)cc3)ccn2)cc1. The summed E-state index contributed by atoms with van der Waals surface area (Å²) < 4.78 is 18.0. The maximum Gasteiger partial charge on any atom is 0.251 e. The van der Waals surface area contributed by atoms with Crippen molar-refractivity contribution in [2.75, 3.05) is 12.4 Å².